The average molecular weight is 303 g/mol. The van der Waals surface area contributed by atoms with Crippen LogP contribution >= 0.6 is 0 Å². The van der Waals surface area contributed by atoms with Gasteiger partial charge in [0.05, 0.1) is 18.8 Å². The first kappa shape index (κ1) is 15.5. The zero-order valence-corrected chi connectivity index (χ0v) is 13.0. The molecule has 0 bridgehead atoms. The molecule has 2 aliphatic rings. The van der Waals surface area contributed by atoms with Crippen molar-refractivity contribution in [2.45, 2.75) is 37.8 Å². The summed E-state index contributed by atoms with van der Waals surface area (Å²) in [7, 11) is 0. The van der Waals surface area contributed by atoms with Crippen molar-refractivity contribution in [3.63, 3.8) is 0 Å². The molecule has 1 saturated carbocycles. The fraction of sp³-hybridized carbons (Fsp3) is 0.588. The lowest BCUT2D eigenvalue weighted by Gasteiger charge is -2.26. The van der Waals surface area contributed by atoms with Crippen LogP contribution in [0.3, 0.4) is 0 Å². The highest BCUT2D eigenvalue weighted by Crippen LogP contribution is 2.28. The molecule has 1 aromatic rings. The number of ether oxygens (including phenoxy) is 1. The van der Waals surface area contributed by atoms with Crippen molar-refractivity contribution in [3.8, 4) is 0 Å². The number of hydrogen-bond acceptors (Lipinski definition) is 4. The highest BCUT2D eigenvalue weighted by atomic mass is 16.5. The van der Waals surface area contributed by atoms with Gasteiger partial charge in [-0.05, 0) is 30.5 Å². The van der Waals surface area contributed by atoms with Gasteiger partial charge in [0.15, 0.2) is 0 Å². The van der Waals surface area contributed by atoms with Crippen molar-refractivity contribution in [1.29, 1.82) is 0 Å². The number of amides is 1. The van der Waals surface area contributed by atoms with Gasteiger partial charge in [0.25, 0.3) is 0 Å². The molecular formula is C17H25N3O2. The Morgan fingerprint density at radius 1 is 1.18 bits per heavy atom. The van der Waals surface area contributed by atoms with Crippen molar-refractivity contribution < 1.29 is 9.53 Å². The molecule has 22 heavy (non-hydrogen) atoms. The summed E-state index contributed by atoms with van der Waals surface area (Å²) in [6.07, 6.45) is 3.66. The summed E-state index contributed by atoms with van der Waals surface area (Å²) in [6.45, 7) is 4.51. The van der Waals surface area contributed by atoms with E-state index in [1.165, 1.54) is 5.56 Å². The smallest absolute Gasteiger partial charge is 0.244 e. The Balaban J connectivity index is 1.55. The van der Waals surface area contributed by atoms with Gasteiger partial charge in [0.2, 0.25) is 5.91 Å². The molecule has 1 aliphatic carbocycles. The van der Waals surface area contributed by atoms with Crippen LogP contribution in [0, 0.1) is 0 Å². The molecule has 1 amide bonds. The second-order valence-electron chi connectivity index (χ2n) is 6.40. The van der Waals surface area contributed by atoms with E-state index in [9.17, 15) is 4.79 Å². The van der Waals surface area contributed by atoms with Crippen molar-refractivity contribution in [3.05, 3.63) is 29.8 Å². The third kappa shape index (κ3) is 3.66. The Bertz CT molecular complexity index is 503. The van der Waals surface area contributed by atoms with Crippen LogP contribution in [0.2, 0.25) is 0 Å². The van der Waals surface area contributed by atoms with Crippen molar-refractivity contribution in [1.82, 2.24) is 4.90 Å². The molecule has 2 fully saturated rings. The highest BCUT2D eigenvalue weighted by Gasteiger charge is 2.36. The van der Waals surface area contributed by atoms with E-state index in [0.717, 1.165) is 64.2 Å². The van der Waals surface area contributed by atoms with Crippen LogP contribution in [0.15, 0.2) is 24.3 Å². The van der Waals surface area contributed by atoms with Crippen molar-refractivity contribution >= 4 is 11.6 Å². The monoisotopic (exact) mass is 303 g/mol. The first-order valence-corrected chi connectivity index (χ1v) is 8.15. The minimum Gasteiger partial charge on any atom is -0.379 e. The molecule has 0 unspecified atom stereocenters. The van der Waals surface area contributed by atoms with Crippen LogP contribution in [0.25, 0.3) is 0 Å². The minimum atomic E-state index is -0.674. The molecule has 1 saturated heterocycles. The van der Waals surface area contributed by atoms with Gasteiger partial charge in [-0.1, -0.05) is 25.0 Å². The summed E-state index contributed by atoms with van der Waals surface area (Å²) >= 11 is 0. The summed E-state index contributed by atoms with van der Waals surface area (Å²) in [5.41, 5.74) is 7.58. The Morgan fingerprint density at radius 3 is 2.45 bits per heavy atom. The van der Waals surface area contributed by atoms with Crippen molar-refractivity contribution in [2.75, 3.05) is 31.6 Å². The molecule has 3 N–H and O–H groups in total. The van der Waals surface area contributed by atoms with E-state index in [4.69, 9.17) is 10.5 Å². The van der Waals surface area contributed by atoms with Gasteiger partial charge in [-0.3, -0.25) is 9.69 Å². The van der Waals surface area contributed by atoms with Gasteiger partial charge < -0.3 is 15.8 Å². The zero-order valence-electron chi connectivity index (χ0n) is 13.0. The number of rotatable bonds is 4. The fourth-order valence-corrected chi connectivity index (χ4v) is 3.20. The van der Waals surface area contributed by atoms with Gasteiger partial charge in [0, 0.05) is 25.3 Å². The molecular weight excluding hydrogens is 278 g/mol. The number of nitrogens with zero attached hydrogens (tertiary/aromatic N) is 1. The first-order chi connectivity index (χ1) is 10.7. The number of carbonyl (C=O) groups is 1. The van der Waals surface area contributed by atoms with Crippen LogP contribution < -0.4 is 11.1 Å². The van der Waals surface area contributed by atoms with E-state index >= 15 is 0 Å². The van der Waals surface area contributed by atoms with Crippen LogP contribution in [-0.2, 0) is 16.1 Å². The van der Waals surface area contributed by atoms with Gasteiger partial charge in [-0.15, -0.1) is 0 Å². The number of benzene rings is 1. The second-order valence-corrected chi connectivity index (χ2v) is 6.40. The Kier molecular flexibility index (Phi) is 4.76. The molecule has 5 heteroatoms. The zero-order chi connectivity index (χ0) is 15.4. The quantitative estimate of drug-likeness (QED) is 0.889. The first-order valence-electron chi connectivity index (χ1n) is 8.15. The molecule has 0 aromatic heterocycles. The van der Waals surface area contributed by atoms with Gasteiger partial charge in [-0.2, -0.15) is 0 Å². The van der Waals surface area contributed by atoms with Crippen LogP contribution in [0.5, 0.6) is 0 Å². The molecule has 0 atom stereocenters. The predicted octanol–water partition coefficient (Wildman–Crippen LogP) is 1.73. The standard InChI is InChI=1S/C17H25N3O2/c18-17(7-1-2-8-17)16(21)19-15-5-3-14(4-6-15)13-20-9-11-22-12-10-20/h3-6H,1-2,7-13,18H2,(H,19,21). The highest BCUT2D eigenvalue weighted by molar-refractivity contribution is 5.98. The van der Waals surface area contributed by atoms with E-state index in [0.29, 0.717) is 0 Å². The van der Waals surface area contributed by atoms with Crippen LogP contribution in [-0.4, -0.2) is 42.6 Å². The summed E-state index contributed by atoms with van der Waals surface area (Å²) in [6, 6.07) is 8.07. The lowest BCUT2D eigenvalue weighted by atomic mass is 9.98. The van der Waals surface area contributed by atoms with E-state index in [2.05, 4.69) is 22.3 Å². The molecule has 0 radical (unpaired) electrons. The van der Waals surface area contributed by atoms with Crippen LogP contribution in [0.1, 0.15) is 31.2 Å². The maximum absolute atomic E-state index is 12.3. The van der Waals surface area contributed by atoms with Gasteiger partial charge in [0.1, 0.15) is 0 Å². The number of hydrogen-bond donors (Lipinski definition) is 2. The SMILES string of the molecule is NC1(C(=O)Nc2ccc(CN3CCOCC3)cc2)CCCC1. The number of nitrogens with two attached hydrogens (primary N) is 1. The second kappa shape index (κ2) is 6.77. The predicted molar refractivity (Wildman–Crippen MR) is 86.6 cm³/mol. The normalized spacial score (nSPS) is 21.7. The molecule has 120 valence electrons. The van der Waals surface area contributed by atoms with E-state index in [1.807, 2.05) is 12.1 Å². The Labute approximate surface area is 131 Å². The Hall–Kier alpha value is -1.43. The summed E-state index contributed by atoms with van der Waals surface area (Å²) < 4.78 is 5.36. The lowest BCUT2D eigenvalue weighted by molar-refractivity contribution is -0.121. The number of anilines is 1. The largest absolute Gasteiger partial charge is 0.379 e. The lowest BCUT2D eigenvalue weighted by Crippen LogP contribution is -2.48. The van der Waals surface area contributed by atoms with Crippen LogP contribution in [0.4, 0.5) is 5.69 Å². The molecule has 1 heterocycles. The van der Waals surface area contributed by atoms with Crippen molar-refractivity contribution in [2.24, 2.45) is 5.73 Å². The molecule has 0 spiro atoms. The number of carbonyl (C=O) groups excluding carboxylic acids is 1. The van der Waals surface area contributed by atoms with E-state index in [-0.39, 0.29) is 5.91 Å². The van der Waals surface area contributed by atoms with Gasteiger partial charge in [-0.25, -0.2) is 0 Å². The topological polar surface area (TPSA) is 67.6 Å². The maximum Gasteiger partial charge on any atom is 0.244 e. The summed E-state index contributed by atoms with van der Waals surface area (Å²) in [5, 5.41) is 2.96. The Morgan fingerprint density at radius 2 is 1.82 bits per heavy atom. The third-order valence-corrected chi connectivity index (χ3v) is 4.67. The molecule has 1 aromatic carbocycles. The molecule has 5 nitrogen and oxygen atoms in total. The third-order valence-electron chi connectivity index (χ3n) is 4.67. The molecule has 1 aliphatic heterocycles. The minimum absolute atomic E-state index is 0.0501. The van der Waals surface area contributed by atoms with Gasteiger partial charge >= 0.3 is 0 Å². The number of nitrogens with one attached hydrogen (secondary N) is 1. The number of morpholine rings is 1. The summed E-state index contributed by atoms with van der Waals surface area (Å²) in [5.74, 6) is -0.0501. The average Bonchev–Trinajstić information content (AvgIpc) is 2.98. The van der Waals surface area contributed by atoms with E-state index < -0.39 is 5.54 Å². The molecule has 3 rings (SSSR count). The fourth-order valence-electron chi connectivity index (χ4n) is 3.20. The van der Waals surface area contributed by atoms with E-state index in [1.54, 1.807) is 0 Å². The maximum atomic E-state index is 12.3. The summed E-state index contributed by atoms with van der Waals surface area (Å²) in [4.78, 5) is 14.7.